The van der Waals surface area contributed by atoms with Crippen molar-refractivity contribution >= 4 is 39.0 Å². The van der Waals surface area contributed by atoms with Crippen molar-refractivity contribution in [3.8, 4) is 34.1 Å². The SMILES string of the molecule is c1ccc(C2(c3ccccc3)c3ccccc3-c3ccc(N(c4ccc5c(c4)oc4ccccc45)c4cccc5c4Oc4ccccc4O5)cc32)cc1. The van der Waals surface area contributed by atoms with E-state index in [0.29, 0.717) is 23.0 Å². The second-order valence-corrected chi connectivity index (χ2v) is 13.6. The van der Waals surface area contributed by atoms with Gasteiger partial charge in [0.25, 0.3) is 0 Å². The maximum Gasteiger partial charge on any atom is 0.194 e. The summed E-state index contributed by atoms with van der Waals surface area (Å²) in [6.45, 7) is 0. The van der Waals surface area contributed by atoms with E-state index in [1.807, 2.05) is 48.5 Å². The average molecular weight is 682 g/mol. The quantitative estimate of drug-likeness (QED) is 0.181. The van der Waals surface area contributed by atoms with E-state index in [1.165, 1.54) is 33.4 Å². The van der Waals surface area contributed by atoms with E-state index < -0.39 is 5.41 Å². The highest BCUT2D eigenvalue weighted by molar-refractivity contribution is 6.06. The predicted octanol–water partition coefficient (Wildman–Crippen LogP) is 13.3. The van der Waals surface area contributed by atoms with Gasteiger partial charge in [-0.05, 0) is 88.0 Å². The minimum Gasteiger partial charge on any atom is -0.456 e. The first kappa shape index (κ1) is 29.7. The van der Waals surface area contributed by atoms with Crippen LogP contribution in [0.2, 0.25) is 0 Å². The molecule has 0 atom stereocenters. The normalized spacial score (nSPS) is 13.4. The van der Waals surface area contributed by atoms with Gasteiger partial charge in [0.1, 0.15) is 11.2 Å². The zero-order chi connectivity index (χ0) is 34.9. The molecule has 1 aliphatic carbocycles. The summed E-state index contributed by atoms with van der Waals surface area (Å²) in [5.74, 6) is 2.68. The first-order chi connectivity index (χ1) is 26.3. The maximum atomic E-state index is 6.70. The molecular formula is C49H31NO3. The van der Waals surface area contributed by atoms with Crippen LogP contribution in [0.1, 0.15) is 22.3 Å². The molecule has 2 aliphatic rings. The molecule has 1 aromatic heterocycles. The Morgan fingerprint density at radius 3 is 1.81 bits per heavy atom. The molecule has 11 rings (SSSR count). The van der Waals surface area contributed by atoms with Crippen molar-refractivity contribution in [1.29, 1.82) is 0 Å². The Bertz CT molecular complexity index is 2820. The Kier molecular flexibility index (Phi) is 6.43. The molecule has 53 heavy (non-hydrogen) atoms. The number of fused-ring (bicyclic) bond motifs is 8. The molecule has 0 fully saturated rings. The third-order valence-electron chi connectivity index (χ3n) is 10.8. The Hall–Kier alpha value is -7.04. The second-order valence-electron chi connectivity index (χ2n) is 13.6. The minimum absolute atomic E-state index is 0.548. The third-order valence-corrected chi connectivity index (χ3v) is 10.8. The van der Waals surface area contributed by atoms with Crippen molar-refractivity contribution in [3.63, 3.8) is 0 Å². The molecule has 0 saturated heterocycles. The third kappa shape index (κ3) is 4.36. The second kappa shape index (κ2) is 11.5. The van der Waals surface area contributed by atoms with Crippen LogP contribution in [0.4, 0.5) is 17.1 Å². The summed E-state index contributed by atoms with van der Waals surface area (Å²) >= 11 is 0. The molecule has 8 aromatic carbocycles. The van der Waals surface area contributed by atoms with Crippen LogP contribution < -0.4 is 14.4 Å². The maximum absolute atomic E-state index is 6.70. The Balaban J connectivity index is 1.19. The molecule has 9 aromatic rings. The lowest BCUT2D eigenvalue weighted by atomic mass is 9.67. The smallest absolute Gasteiger partial charge is 0.194 e. The molecule has 0 N–H and O–H groups in total. The number of anilines is 3. The number of hydrogen-bond acceptors (Lipinski definition) is 4. The lowest BCUT2D eigenvalue weighted by Crippen LogP contribution is -2.28. The highest BCUT2D eigenvalue weighted by atomic mass is 16.6. The van der Waals surface area contributed by atoms with Crippen molar-refractivity contribution in [2.75, 3.05) is 4.90 Å². The van der Waals surface area contributed by atoms with Crippen molar-refractivity contribution in [3.05, 3.63) is 210 Å². The van der Waals surface area contributed by atoms with Crippen LogP contribution in [0.3, 0.4) is 0 Å². The molecule has 0 unspecified atom stereocenters. The van der Waals surface area contributed by atoms with Crippen LogP contribution in [0.15, 0.2) is 192 Å². The van der Waals surface area contributed by atoms with Gasteiger partial charge in [-0.3, -0.25) is 0 Å². The highest BCUT2D eigenvalue weighted by Crippen LogP contribution is 2.58. The molecule has 0 radical (unpaired) electrons. The van der Waals surface area contributed by atoms with Gasteiger partial charge in [0.2, 0.25) is 0 Å². The van der Waals surface area contributed by atoms with E-state index in [2.05, 4.69) is 144 Å². The standard InChI is InChI=1S/C49H31NO3/c1-3-14-32(15-4-1)49(33-16-5-2-6-17-33)40-20-9-7-18-36(40)37-28-26-34(30-41(37)49)50(35-27-29-39-38-19-8-10-22-43(38)51-47(39)31-35)42-21-13-25-46-48(42)53-45-24-12-11-23-44(45)52-46/h1-31H. The first-order valence-electron chi connectivity index (χ1n) is 17.9. The van der Waals surface area contributed by atoms with Crippen LogP contribution in [-0.4, -0.2) is 0 Å². The van der Waals surface area contributed by atoms with Gasteiger partial charge in [-0.15, -0.1) is 0 Å². The first-order valence-corrected chi connectivity index (χ1v) is 17.9. The van der Waals surface area contributed by atoms with Gasteiger partial charge in [0, 0.05) is 22.5 Å². The van der Waals surface area contributed by atoms with E-state index in [-0.39, 0.29) is 0 Å². The van der Waals surface area contributed by atoms with E-state index in [4.69, 9.17) is 13.9 Å². The molecule has 0 saturated carbocycles. The van der Waals surface area contributed by atoms with Gasteiger partial charge in [-0.25, -0.2) is 0 Å². The van der Waals surface area contributed by atoms with E-state index >= 15 is 0 Å². The van der Waals surface area contributed by atoms with Gasteiger partial charge in [-0.2, -0.15) is 0 Å². The molecule has 250 valence electrons. The highest BCUT2D eigenvalue weighted by Gasteiger charge is 2.46. The van der Waals surface area contributed by atoms with E-state index in [1.54, 1.807) is 0 Å². The molecule has 0 spiro atoms. The van der Waals surface area contributed by atoms with Crippen molar-refractivity contribution in [2.45, 2.75) is 5.41 Å². The number of hydrogen-bond donors (Lipinski definition) is 0. The number of ether oxygens (including phenoxy) is 2. The summed E-state index contributed by atoms with van der Waals surface area (Å²) in [6.07, 6.45) is 0. The summed E-state index contributed by atoms with van der Waals surface area (Å²) in [6, 6.07) is 66.1. The fourth-order valence-electron chi connectivity index (χ4n) is 8.56. The number of rotatable bonds is 5. The van der Waals surface area contributed by atoms with Crippen molar-refractivity contribution < 1.29 is 13.9 Å². The lowest BCUT2D eigenvalue weighted by Gasteiger charge is -2.35. The summed E-state index contributed by atoms with van der Waals surface area (Å²) in [4.78, 5) is 2.27. The molecule has 0 bridgehead atoms. The molecule has 1 aliphatic heterocycles. The molecule has 4 heteroatoms. The summed E-state index contributed by atoms with van der Waals surface area (Å²) in [7, 11) is 0. The van der Waals surface area contributed by atoms with Crippen molar-refractivity contribution in [1.82, 2.24) is 0 Å². The topological polar surface area (TPSA) is 34.8 Å². The van der Waals surface area contributed by atoms with E-state index in [0.717, 1.165) is 39.0 Å². The summed E-state index contributed by atoms with van der Waals surface area (Å²) in [5, 5.41) is 2.17. The minimum atomic E-state index is -0.548. The molecule has 4 nitrogen and oxygen atoms in total. The van der Waals surface area contributed by atoms with Crippen LogP contribution in [0.25, 0.3) is 33.1 Å². The van der Waals surface area contributed by atoms with Crippen molar-refractivity contribution in [2.24, 2.45) is 0 Å². The molecule has 2 heterocycles. The van der Waals surface area contributed by atoms with Gasteiger partial charge in [-0.1, -0.05) is 127 Å². The van der Waals surface area contributed by atoms with Gasteiger partial charge >= 0.3 is 0 Å². The van der Waals surface area contributed by atoms with Gasteiger partial charge in [0.15, 0.2) is 23.0 Å². The summed E-state index contributed by atoms with van der Waals surface area (Å²) < 4.78 is 19.6. The van der Waals surface area contributed by atoms with Crippen LogP contribution in [-0.2, 0) is 5.41 Å². The molecule has 0 amide bonds. The average Bonchev–Trinajstić information content (AvgIpc) is 3.74. The fraction of sp³-hybridized carbons (Fsp3) is 0.0204. The Morgan fingerprint density at radius 2 is 1.00 bits per heavy atom. The van der Waals surface area contributed by atoms with Gasteiger partial charge < -0.3 is 18.8 Å². The zero-order valence-electron chi connectivity index (χ0n) is 28.6. The lowest BCUT2D eigenvalue weighted by molar-refractivity contribution is 0.360. The Labute approximate surface area is 306 Å². The Morgan fingerprint density at radius 1 is 0.396 bits per heavy atom. The predicted molar refractivity (Wildman–Crippen MR) is 212 cm³/mol. The fourth-order valence-corrected chi connectivity index (χ4v) is 8.56. The van der Waals surface area contributed by atoms with Gasteiger partial charge in [0.05, 0.1) is 16.8 Å². The van der Waals surface area contributed by atoms with Crippen LogP contribution in [0.5, 0.6) is 23.0 Å². The number of benzene rings is 8. The van der Waals surface area contributed by atoms with E-state index in [9.17, 15) is 0 Å². The number of nitrogens with zero attached hydrogens (tertiary/aromatic N) is 1. The van der Waals surface area contributed by atoms with Crippen LogP contribution >= 0.6 is 0 Å². The number of para-hydroxylation sites is 4. The molecular weight excluding hydrogens is 651 g/mol. The monoisotopic (exact) mass is 681 g/mol. The largest absolute Gasteiger partial charge is 0.456 e. The summed E-state index contributed by atoms with van der Waals surface area (Å²) in [5.41, 5.74) is 11.3. The zero-order valence-corrected chi connectivity index (χ0v) is 28.6. The number of furan rings is 1. The van der Waals surface area contributed by atoms with Crippen LogP contribution in [0, 0.1) is 0 Å².